The summed E-state index contributed by atoms with van der Waals surface area (Å²) < 4.78 is 54.1. The predicted octanol–water partition coefficient (Wildman–Crippen LogP) is 1.70. The largest absolute Gasteiger partial charge is 0.240 e. The van der Waals surface area contributed by atoms with Crippen LogP contribution in [0.3, 0.4) is 0 Å². The number of hydrogen-bond donors (Lipinski definition) is 2. The summed E-state index contributed by atoms with van der Waals surface area (Å²) >= 11 is 0. The highest BCUT2D eigenvalue weighted by molar-refractivity contribution is 7.90. The summed E-state index contributed by atoms with van der Waals surface area (Å²) in [6.07, 6.45) is 5.93. The van der Waals surface area contributed by atoms with E-state index < -0.39 is 20.0 Å². The van der Waals surface area contributed by atoms with Crippen molar-refractivity contribution in [2.75, 3.05) is 7.05 Å². The van der Waals surface area contributed by atoms with Crippen LogP contribution in [0.4, 0.5) is 0 Å². The maximum atomic E-state index is 12.7. The Labute approximate surface area is 149 Å². The van der Waals surface area contributed by atoms with Gasteiger partial charge >= 0.3 is 0 Å². The minimum absolute atomic E-state index is 0.0232. The highest BCUT2D eigenvalue weighted by Crippen LogP contribution is 2.58. The highest BCUT2D eigenvalue weighted by atomic mass is 32.2. The molecule has 0 amide bonds. The van der Waals surface area contributed by atoms with E-state index in [0.717, 1.165) is 18.8 Å². The summed E-state index contributed by atoms with van der Waals surface area (Å²) in [6.45, 7) is 0. The van der Waals surface area contributed by atoms with Crippen molar-refractivity contribution in [1.82, 2.24) is 9.44 Å². The Bertz CT molecular complexity index is 864. The molecule has 25 heavy (non-hydrogen) atoms. The number of fused-ring (bicyclic) bond motifs is 5. The first-order chi connectivity index (χ1) is 11.8. The molecule has 0 radical (unpaired) electrons. The van der Waals surface area contributed by atoms with Crippen LogP contribution >= 0.6 is 0 Å². The first-order valence-corrected chi connectivity index (χ1v) is 11.8. The van der Waals surface area contributed by atoms with Gasteiger partial charge in [-0.05, 0) is 80.7 Å². The van der Waals surface area contributed by atoms with Crippen molar-refractivity contribution in [2.45, 2.75) is 47.9 Å². The lowest BCUT2D eigenvalue weighted by molar-refractivity contribution is 0.224. The van der Waals surface area contributed by atoms with Crippen LogP contribution in [0.2, 0.25) is 0 Å². The molecule has 6 nitrogen and oxygen atoms in total. The Kier molecular flexibility index (Phi) is 4.22. The van der Waals surface area contributed by atoms with Crippen molar-refractivity contribution in [3.63, 3.8) is 0 Å². The van der Waals surface area contributed by atoms with E-state index in [1.54, 1.807) is 0 Å². The van der Waals surface area contributed by atoms with Gasteiger partial charge in [-0.15, -0.1) is 0 Å². The Hall–Kier alpha value is -0.960. The van der Waals surface area contributed by atoms with Gasteiger partial charge in [-0.25, -0.2) is 26.3 Å². The number of sulfonamides is 2. The predicted molar refractivity (Wildman–Crippen MR) is 93.8 cm³/mol. The number of hydrogen-bond acceptors (Lipinski definition) is 4. The Morgan fingerprint density at radius 3 is 2.08 bits per heavy atom. The SMILES string of the molecule is CNS(=O)(=O)c1ccc(S(=O)(=O)NC2CC3CC2C2CCCC32)cc1. The van der Waals surface area contributed by atoms with Crippen LogP contribution in [0.25, 0.3) is 0 Å². The first-order valence-electron chi connectivity index (χ1n) is 8.88. The second-order valence-corrected chi connectivity index (χ2v) is 11.2. The van der Waals surface area contributed by atoms with E-state index in [0.29, 0.717) is 17.8 Å². The average Bonchev–Trinajstić information content (AvgIpc) is 3.27. The van der Waals surface area contributed by atoms with Gasteiger partial charge in [0.2, 0.25) is 20.0 Å². The number of rotatable bonds is 5. The maximum Gasteiger partial charge on any atom is 0.240 e. The van der Waals surface area contributed by atoms with E-state index in [1.165, 1.54) is 50.6 Å². The topological polar surface area (TPSA) is 92.3 Å². The van der Waals surface area contributed by atoms with Crippen LogP contribution in [-0.4, -0.2) is 29.9 Å². The van der Waals surface area contributed by atoms with Gasteiger partial charge < -0.3 is 0 Å². The van der Waals surface area contributed by atoms with E-state index in [-0.39, 0.29) is 15.8 Å². The van der Waals surface area contributed by atoms with Crippen molar-refractivity contribution in [3.05, 3.63) is 24.3 Å². The molecule has 2 bridgehead atoms. The number of nitrogens with one attached hydrogen (secondary N) is 2. The summed E-state index contributed by atoms with van der Waals surface area (Å²) in [5.74, 6) is 2.65. The van der Waals surface area contributed by atoms with E-state index in [1.807, 2.05) is 0 Å². The zero-order valence-electron chi connectivity index (χ0n) is 14.2. The zero-order chi connectivity index (χ0) is 17.8. The zero-order valence-corrected chi connectivity index (χ0v) is 15.8. The average molecular weight is 385 g/mol. The van der Waals surface area contributed by atoms with Gasteiger partial charge in [0.15, 0.2) is 0 Å². The second kappa shape index (κ2) is 6.04. The lowest BCUT2D eigenvalue weighted by atomic mass is 9.79. The summed E-state index contributed by atoms with van der Waals surface area (Å²) in [4.78, 5) is 0.177. The van der Waals surface area contributed by atoms with E-state index >= 15 is 0 Å². The van der Waals surface area contributed by atoms with Crippen LogP contribution < -0.4 is 9.44 Å². The van der Waals surface area contributed by atoms with Gasteiger partial charge in [-0.2, -0.15) is 0 Å². The molecule has 1 aromatic rings. The minimum Gasteiger partial charge on any atom is -0.214 e. The normalized spacial score (nSPS) is 34.4. The standard InChI is InChI=1S/C17H24N2O4S2/c1-18-24(20,21)12-5-7-13(8-6-12)25(22,23)19-17-10-11-9-16(17)15-4-2-3-14(11)15/h5-8,11,14-19H,2-4,9-10H2,1H3. The fraction of sp³-hybridized carbons (Fsp3) is 0.647. The molecule has 0 aromatic heterocycles. The quantitative estimate of drug-likeness (QED) is 0.808. The molecule has 1 aromatic carbocycles. The van der Waals surface area contributed by atoms with Gasteiger partial charge in [-0.1, -0.05) is 6.42 Å². The van der Waals surface area contributed by atoms with Crippen LogP contribution in [0.1, 0.15) is 32.1 Å². The molecule has 8 heteroatoms. The van der Waals surface area contributed by atoms with Crippen LogP contribution in [0.15, 0.2) is 34.1 Å². The monoisotopic (exact) mass is 384 g/mol. The Morgan fingerprint density at radius 1 is 0.840 bits per heavy atom. The van der Waals surface area contributed by atoms with Crippen molar-refractivity contribution >= 4 is 20.0 Å². The molecule has 0 spiro atoms. The van der Waals surface area contributed by atoms with Gasteiger partial charge in [0.05, 0.1) is 9.79 Å². The third-order valence-electron chi connectivity index (χ3n) is 6.45. The molecule has 0 heterocycles. The van der Waals surface area contributed by atoms with E-state index in [2.05, 4.69) is 9.44 Å². The van der Waals surface area contributed by atoms with Gasteiger partial charge in [0.1, 0.15) is 0 Å². The van der Waals surface area contributed by atoms with Crippen molar-refractivity contribution in [1.29, 1.82) is 0 Å². The van der Waals surface area contributed by atoms with Crippen LogP contribution in [0.5, 0.6) is 0 Å². The van der Waals surface area contributed by atoms with Crippen molar-refractivity contribution < 1.29 is 16.8 Å². The molecular weight excluding hydrogens is 360 g/mol. The molecular formula is C17H24N2O4S2. The van der Waals surface area contributed by atoms with Crippen molar-refractivity contribution in [3.8, 4) is 0 Å². The summed E-state index contributed by atoms with van der Waals surface area (Å²) in [5, 5.41) is 0. The maximum absolute atomic E-state index is 12.7. The highest BCUT2D eigenvalue weighted by Gasteiger charge is 2.54. The number of benzene rings is 1. The summed E-state index contributed by atoms with van der Waals surface area (Å²) in [5.41, 5.74) is 0. The first kappa shape index (κ1) is 17.5. The fourth-order valence-electron chi connectivity index (χ4n) is 5.39. The molecule has 3 aliphatic carbocycles. The van der Waals surface area contributed by atoms with E-state index in [4.69, 9.17) is 0 Å². The third kappa shape index (κ3) is 2.93. The van der Waals surface area contributed by atoms with Gasteiger partial charge in [-0.3, -0.25) is 0 Å². The fourth-order valence-corrected chi connectivity index (χ4v) is 7.42. The van der Waals surface area contributed by atoms with Gasteiger partial charge in [0.25, 0.3) is 0 Å². The minimum atomic E-state index is -3.63. The molecule has 3 saturated carbocycles. The molecule has 138 valence electrons. The molecule has 5 atom stereocenters. The summed E-state index contributed by atoms with van der Waals surface area (Å²) in [7, 11) is -5.87. The van der Waals surface area contributed by atoms with Crippen molar-refractivity contribution in [2.24, 2.45) is 23.7 Å². The molecule has 0 aliphatic heterocycles. The Morgan fingerprint density at radius 2 is 1.44 bits per heavy atom. The lowest BCUT2D eigenvalue weighted by Gasteiger charge is -2.31. The lowest BCUT2D eigenvalue weighted by Crippen LogP contribution is -2.42. The van der Waals surface area contributed by atoms with Crippen LogP contribution in [0, 0.1) is 23.7 Å². The molecule has 2 N–H and O–H groups in total. The smallest absolute Gasteiger partial charge is 0.214 e. The molecule has 0 saturated heterocycles. The molecule has 3 aliphatic rings. The summed E-state index contributed by atoms with van der Waals surface area (Å²) in [6, 6.07) is 5.40. The Balaban J connectivity index is 1.51. The van der Waals surface area contributed by atoms with Crippen LogP contribution in [-0.2, 0) is 20.0 Å². The molecule has 4 rings (SSSR count). The van der Waals surface area contributed by atoms with E-state index in [9.17, 15) is 16.8 Å². The third-order valence-corrected chi connectivity index (χ3v) is 9.38. The van der Waals surface area contributed by atoms with Gasteiger partial charge in [0, 0.05) is 6.04 Å². The molecule has 5 unspecified atom stereocenters. The second-order valence-electron chi connectivity index (χ2n) is 7.56. The molecule has 3 fully saturated rings.